The summed E-state index contributed by atoms with van der Waals surface area (Å²) in [6.07, 6.45) is 2.81. The van der Waals surface area contributed by atoms with E-state index in [9.17, 15) is 13.2 Å². The maximum atomic E-state index is 12.3. The molecule has 2 N–H and O–H groups in total. The van der Waals surface area contributed by atoms with E-state index >= 15 is 0 Å². The molecule has 1 aliphatic carbocycles. The van der Waals surface area contributed by atoms with E-state index in [0.717, 1.165) is 12.8 Å². The molecule has 0 heterocycles. The Morgan fingerprint density at radius 1 is 1.37 bits per heavy atom. The number of esters is 1. The van der Waals surface area contributed by atoms with E-state index in [1.165, 1.54) is 7.11 Å². The van der Waals surface area contributed by atoms with E-state index in [1.54, 1.807) is 7.05 Å². The first-order valence-electron chi connectivity index (χ1n) is 6.66. The molecule has 1 aliphatic rings. The molecule has 7 heteroatoms. The lowest BCUT2D eigenvalue weighted by Crippen LogP contribution is -2.47. The van der Waals surface area contributed by atoms with Crippen LogP contribution in [0.1, 0.15) is 32.6 Å². The SMILES string of the molecule is CNC(C)CNS(=O)(=O)C1CCCCC1C(=O)OC. The number of hydrogen-bond donors (Lipinski definition) is 2. The van der Waals surface area contributed by atoms with Crippen molar-refractivity contribution in [3.8, 4) is 0 Å². The lowest BCUT2D eigenvalue weighted by atomic mass is 9.89. The molecule has 3 atom stereocenters. The van der Waals surface area contributed by atoms with Gasteiger partial charge in [-0.25, -0.2) is 13.1 Å². The van der Waals surface area contributed by atoms with Crippen LogP contribution in [-0.4, -0.2) is 46.4 Å². The summed E-state index contributed by atoms with van der Waals surface area (Å²) >= 11 is 0. The topological polar surface area (TPSA) is 84.5 Å². The molecule has 0 radical (unpaired) electrons. The van der Waals surface area contributed by atoms with Gasteiger partial charge in [-0.3, -0.25) is 4.79 Å². The van der Waals surface area contributed by atoms with Gasteiger partial charge in [0.15, 0.2) is 0 Å². The molecule has 1 saturated carbocycles. The Labute approximate surface area is 115 Å². The summed E-state index contributed by atoms with van der Waals surface area (Å²) in [5.74, 6) is -0.960. The third-order valence-electron chi connectivity index (χ3n) is 3.69. The van der Waals surface area contributed by atoms with Crippen LogP contribution in [0.15, 0.2) is 0 Å². The van der Waals surface area contributed by atoms with Crippen molar-refractivity contribution in [1.29, 1.82) is 0 Å². The van der Waals surface area contributed by atoms with Gasteiger partial charge >= 0.3 is 5.97 Å². The first-order valence-corrected chi connectivity index (χ1v) is 8.20. The number of ether oxygens (including phenoxy) is 1. The average molecular weight is 292 g/mol. The van der Waals surface area contributed by atoms with E-state index < -0.39 is 27.2 Å². The third kappa shape index (κ3) is 4.43. The van der Waals surface area contributed by atoms with Crippen molar-refractivity contribution in [2.45, 2.75) is 43.9 Å². The monoisotopic (exact) mass is 292 g/mol. The highest BCUT2D eigenvalue weighted by atomic mass is 32.2. The Bertz CT molecular complexity index is 397. The molecule has 3 unspecified atom stereocenters. The summed E-state index contributed by atoms with van der Waals surface area (Å²) in [6, 6.07) is 0.0509. The van der Waals surface area contributed by atoms with Crippen LogP contribution in [-0.2, 0) is 19.6 Å². The molecule has 19 heavy (non-hydrogen) atoms. The molecule has 1 rings (SSSR count). The second-order valence-corrected chi connectivity index (χ2v) is 7.02. The van der Waals surface area contributed by atoms with Gasteiger partial charge < -0.3 is 10.1 Å². The molecule has 0 saturated heterocycles. The van der Waals surface area contributed by atoms with Crippen LogP contribution in [0.5, 0.6) is 0 Å². The number of rotatable bonds is 6. The molecule has 0 aromatic heterocycles. The standard InChI is InChI=1S/C12H24N2O4S/c1-9(13-2)8-14-19(16,17)11-7-5-4-6-10(11)12(15)18-3/h9-11,13-14H,4-8H2,1-3H3. The Hall–Kier alpha value is -0.660. The zero-order valence-corrected chi connectivity index (χ0v) is 12.6. The summed E-state index contributed by atoms with van der Waals surface area (Å²) in [7, 11) is -0.406. The van der Waals surface area contributed by atoms with Crippen molar-refractivity contribution in [3.05, 3.63) is 0 Å². The van der Waals surface area contributed by atoms with Crippen LogP contribution in [0.25, 0.3) is 0 Å². The van der Waals surface area contributed by atoms with E-state index in [2.05, 4.69) is 10.0 Å². The minimum Gasteiger partial charge on any atom is -0.469 e. The van der Waals surface area contributed by atoms with Crippen molar-refractivity contribution in [3.63, 3.8) is 0 Å². The first-order chi connectivity index (χ1) is 8.92. The van der Waals surface area contributed by atoms with Crippen LogP contribution in [0.2, 0.25) is 0 Å². The van der Waals surface area contributed by atoms with Gasteiger partial charge in [0.1, 0.15) is 0 Å². The Kier molecular flexibility index (Phi) is 6.22. The van der Waals surface area contributed by atoms with Gasteiger partial charge in [-0.1, -0.05) is 12.8 Å². The van der Waals surface area contributed by atoms with Crippen LogP contribution in [0.4, 0.5) is 0 Å². The Balaban J connectivity index is 2.75. The summed E-state index contributed by atoms with van der Waals surface area (Å²) in [5.41, 5.74) is 0. The van der Waals surface area contributed by atoms with Gasteiger partial charge in [-0.2, -0.15) is 0 Å². The highest BCUT2D eigenvalue weighted by Crippen LogP contribution is 2.30. The van der Waals surface area contributed by atoms with Gasteiger partial charge in [0.25, 0.3) is 0 Å². The molecule has 0 aromatic rings. The van der Waals surface area contributed by atoms with Crippen LogP contribution >= 0.6 is 0 Å². The van der Waals surface area contributed by atoms with Crippen LogP contribution in [0.3, 0.4) is 0 Å². The van der Waals surface area contributed by atoms with Gasteiger partial charge in [-0.15, -0.1) is 0 Å². The zero-order valence-electron chi connectivity index (χ0n) is 11.8. The molecule has 0 bridgehead atoms. The van der Waals surface area contributed by atoms with Gasteiger partial charge in [0.2, 0.25) is 10.0 Å². The number of methoxy groups -OCH3 is 1. The summed E-state index contributed by atoms with van der Waals surface area (Å²) < 4.78 is 31.9. The fourth-order valence-corrected chi connectivity index (χ4v) is 4.19. The minimum atomic E-state index is -3.48. The largest absolute Gasteiger partial charge is 0.469 e. The van der Waals surface area contributed by atoms with E-state index in [4.69, 9.17) is 4.74 Å². The van der Waals surface area contributed by atoms with Gasteiger partial charge in [-0.05, 0) is 26.8 Å². The molecule has 1 fully saturated rings. The summed E-state index contributed by atoms with van der Waals surface area (Å²) in [6.45, 7) is 2.21. The van der Waals surface area contributed by atoms with E-state index in [0.29, 0.717) is 19.4 Å². The maximum Gasteiger partial charge on any atom is 0.310 e. The van der Waals surface area contributed by atoms with Crippen molar-refractivity contribution >= 4 is 16.0 Å². The number of carbonyl (C=O) groups is 1. The maximum absolute atomic E-state index is 12.3. The van der Waals surface area contributed by atoms with E-state index in [-0.39, 0.29) is 6.04 Å². The van der Waals surface area contributed by atoms with Crippen molar-refractivity contribution in [2.24, 2.45) is 5.92 Å². The fourth-order valence-electron chi connectivity index (χ4n) is 2.34. The number of carbonyl (C=O) groups excluding carboxylic acids is 1. The Morgan fingerprint density at radius 2 is 2.00 bits per heavy atom. The van der Waals surface area contributed by atoms with Crippen molar-refractivity contribution < 1.29 is 17.9 Å². The van der Waals surface area contributed by atoms with Crippen LogP contribution in [0, 0.1) is 5.92 Å². The number of nitrogens with one attached hydrogen (secondary N) is 2. The van der Waals surface area contributed by atoms with Gasteiger partial charge in [0, 0.05) is 12.6 Å². The highest BCUT2D eigenvalue weighted by molar-refractivity contribution is 7.90. The van der Waals surface area contributed by atoms with Crippen molar-refractivity contribution in [1.82, 2.24) is 10.0 Å². The van der Waals surface area contributed by atoms with E-state index in [1.807, 2.05) is 6.92 Å². The smallest absolute Gasteiger partial charge is 0.310 e. The number of likely N-dealkylation sites (N-methyl/N-ethyl adjacent to an activating group) is 1. The predicted octanol–water partition coefficient (Wildman–Crippen LogP) is 0.246. The molecule has 0 amide bonds. The van der Waals surface area contributed by atoms with Crippen LogP contribution < -0.4 is 10.0 Å². The molecular weight excluding hydrogens is 268 g/mol. The molecular formula is C12H24N2O4S. The number of hydrogen-bond acceptors (Lipinski definition) is 5. The second kappa shape index (κ2) is 7.21. The Morgan fingerprint density at radius 3 is 2.58 bits per heavy atom. The molecule has 0 aliphatic heterocycles. The zero-order chi connectivity index (χ0) is 14.5. The first kappa shape index (κ1) is 16.4. The lowest BCUT2D eigenvalue weighted by molar-refractivity contribution is -0.146. The minimum absolute atomic E-state index is 0.0509. The molecule has 0 spiro atoms. The molecule has 112 valence electrons. The predicted molar refractivity (Wildman–Crippen MR) is 73.2 cm³/mol. The number of sulfonamides is 1. The molecule has 0 aromatic carbocycles. The second-order valence-electron chi connectivity index (χ2n) is 5.04. The summed E-state index contributed by atoms with van der Waals surface area (Å²) in [4.78, 5) is 11.7. The summed E-state index contributed by atoms with van der Waals surface area (Å²) in [5, 5.41) is 2.30. The quantitative estimate of drug-likeness (QED) is 0.685. The van der Waals surface area contributed by atoms with Gasteiger partial charge in [0.05, 0.1) is 18.3 Å². The lowest BCUT2D eigenvalue weighted by Gasteiger charge is -2.29. The average Bonchev–Trinajstić information content (AvgIpc) is 2.43. The third-order valence-corrected chi connectivity index (χ3v) is 5.62. The fraction of sp³-hybridized carbons (Fsp3) is 0.917. The van der Waals surface area contributed by atoms with Crippen molar-refractivity contribution in [2.75, 3.05) is 20.7 Å². The molecule has 6 nitrogen and oxygen atoms in total. The highest BCUT2D eigenvalue weighted by Gasteiger charge is 2.40. The normalized spacial score (nSPS) is 25.8.